The van der Waals surface area contributed by atoms with Crippen LogP contribution in [-0.2, 0) is 10.1 Å². The SMILES string of the molecule is Nc1[c]ccc2cc(S(=O)(=O)O)ccc12. The lowest BCUT2D eigenvalue weighted by Gasteiger charge is -2.02. The number of hydrogen-bond acceptors (Lipinski definition) is 3. The molecular formula is C10H8NO3S. The number of nitrogen functional groups attached to an aromatic ring is 1. The van der Waals surface area contributed by atoms with Gasteiger partial charge in [0.25, 0.3) is 10.1 Å². The Balaban J connectivity index is 2.79. The summed E-state index contributed by atoms with van der Waals surface area (Å²) in [4.78, 5) is -0.138. The largest absolute Gasteiger partial charge is 0.398 e. The quantitative estimate of drug-likeness (QED) is 0.565. The van der Waals surface area contributed by atoms with Gasteiger partial charge in [-0.2, -0.15) is 8.42 Å². The van der Waals surface area contributed by atoms with Crippen LogP contribution in [0, 0.1) is 6.07 Å². The molecule has 0 spiro atoms. The van der Waals surface area contributed by atoms with Crippen LogP contribution in [0.15, 0.2) is 35.2 Å². The van der Waals surface area contributed by atoms with Crippen LogP contribution in [0.1, 0.15) is 0 Å². The van der Waals surface area contributed by atoms with Gasteiger partial charge in [0.15, 0.2) is 0 Å². The van der Waals surface area contributed by atoms with E-state index in [1.165, 1.54) is 12.1 Å². The Kier molecular flexibility index (Phi) is 2.13. The Morgan fingerprint density at radius 2 is 2.00 bits per heavy atom. The van der Waals surface area contributed by atoms with Crippen molar-refractivity contribution in [2.75, 3.05) is 5.73 Å². The fourth-order valence-corrected chi connectivity index (χ4v) is 1.90. The van der Waals surface area contributed by atoms with E-state index < -0.39 is 10.1 Å². The van der Waals surface area contributed by atoms with Gasteiger partial charge in [-0.25, -0.2) is 0 Å². The number of benzene rings is 2. The maximum absolute atomic E-state index is 10.9. The van der Waals surface area contributed by atoms with Crippen molar-refractivity contribution in [3.05, 3.63) is 36.4 Å². The standard InChI is InChI=1S/C10H8NO3S/c11-10-3-1-2-7-6-8(15(12,13)14)4-5-9(7)10/h1-2,4-6H,11H2,(H,12,13,14). The summed E-state index contributed by atoms with van der Waals surface area (Å²) in [7, 11) is -4.16. The van der Waals surface area contributed by atoms with Crippen molar-refractivity contribution in [1.29, 1.82) is 0 Å². The minimum atomic E-state index is -4.16. The summed E-state index contributed by atoms with van der Waals surface area (Å²) in [5.74, 6) is 0. The average Bonchev–Trinajstić information content (AvgIpc) is 2.16. The van der Waals surface area contributed by atoms with E-state index in [0.717, 1.165) is 0 Å². The van der Waals surface area contributed by atoms with Gasteiger partial charge in [0.1, 0.15) is 0 Å². The molecular weight excluding hydrogens is 214 g/mol. The molecule has 0 fully saturated rings. The van der Waals surface area contributed by atoms with E-state index in [1.807, 2.05) is 0 Å². The second-order valence-corrected chi connectivity index (χ2v) is 4.54. The van der Waals surface area contributed by atoms with Gasteiger partial charge in [-0.15, -0.1) is 0 Å². The molecule has 3 N–H and O–H groups in total. The monoisotopic (exact) mass is 222 g/mol. The Morgan fingerprint density at radius 3 is 2.67 bits per heavy atom. The number of fused-ring (bicyclic) bond motifs is 1. The molecule has 5 heteroatoms. The first-order valence-electron chi connectivity index (χ1n) is 4.16. The molecule has 0 bridgehead atoms. The van der Waals surface area contributed by atoms with Crippen LogP contribution in [-0.4, -0.2) is 13.0 Å². The molecule has 4 nitrogen and oxygen atoms in total. The summed E-state index contributed by atoms with van der Waals surface area (Å²) in [5, 5.41) is 1.37. The summed E-state index contributed by atoms with van der Waals surface area (Å²) in [6.45, 7) is 0. The maximum Gasteiger partial charge on any atom is 0.294 e. The van der Waals surface area contributed by atoms with Crippen molar-refractivity contribution in [3.8, 4) is 0 Å². The third-order valence-corrected chi connectivity index (χ3v) is 2.96. The van der Waals surface area contributed by atoms with Crippen LogP contribution in [0.4, 0.5) is 5.69 Å². The summed E-state index contributed by atoms with van der Waals surface area (Å²) >= 11 is 0. The molecule has 0 saturated carbocycles. The molecule has 0 atom stereocenters. The van der Waals surface area contributed by atoms with E-state index in [1.54, 1.807) is 18.2 Å². The molecule has 2 aromatic carbocycles. The maximum atomic E-state index is 10.9. The molecule has 77 valence electrons. The second-order valence-electron chi connectivity index (χ2n) is 3.12. The zero-order valence-corrected chi connectivity index (χ0v) is 8.45. The number of rotatable bonds is 1. The molecule has 0 saturated heterocycles. The summed E-state index contributed by atoms with van der Waals surface area (Å²) in [5.41, 5.74) is 6.10. The van der Waals surface area contributed by atoms with E-state index in [4.69, 9.17) is 10.3 Å². The highest BCUT2D eigenvalue weighted by atomic mass is 32.2. The fourth-order valence-electron chi connectivity index (χ4n) is 1.38. The highest BCUT2D eigenvalue weighted by Gasteiger charge is 2.10. The molecule has 0 amide bonds. The number of hydrogen-bond donors (Lipinski definition) is 2. The van der Waals surface area contributed by atoms with Crippen LogP contribution in [0.2, 0.25) is 0 Å². The first-order valence-corrected chi connectivity index (χ1v) is 5.60. The van der Waals surface area contributed by atoms with Crippen molar-refractivity contribution >= 4 is 26.6 Å². The van der Waals surface area contributed by atoms with Crippen LogP contribution >= 0.6 is 0 Å². The van der Waals surface area contributed by atoms with Crippen molar-refractivity contribution in [3.63, 3.8) is 0 Å². The third kappa shape index (κ3) is 1.79. The van der Waals surface area contributed by atoms with Gasteiger partial charge in [-0.3, -0.25) is 4.55 Å². The van der Waals surface area contributed by atoms with Crippen molar-refractivity contribution in [2.45, 2.75) is 4.90 Å². The number of anilines is 1. The lowest BCUT2D eigenvalue weighted by Crippen LogP contribution is -1.97. The highest BCUT2D eigenvalue weighted by Crippen LogP contribution is 2.23. The first kappa shape index (κ1) is 9.95. The molecule has 0 aliphatic carbocycles. The van der Waals surface area contributed by atoms with Gasteiger partial charge in [0, 0.05) is 17.1 Å². The van der Waals surface area contributed by atoms with Gasteiger partial charge in [-0.1, -0.05) is 18.2 Å². The van der Waals surface area contributed by atoms with Crippen LogP contribution in [0.5, 0.6) is 0 Å². The minimum Gasteiger partial charge on any atom is -0.398 e. The molecule has 0 heterocycles. The Morgan fingerprint density at radius 1 is 1.27 bits per heavy atom. The Labute approximate surface area is 87.1 Å². The van der Waals surface area contributed by atoms with Gasteiger partial charge < -0.3 is 5.73 Å². The smallest absolute Gasteiger partial charge is 0.294 e. The molecule has 1 radical (unpaired) electrons. The minimum absolute atomic E-state index is 0.138. The summed E-state index contributed by atoms with van der Waals surface area (Å²) < 4.78 is 30.6. The molecule has 0 aliphatic heterocycles. The predicted octanol–water partition coefficient (Wildman–Crippen LogP) is 1.47. The van der Waals surface area contributed by atoms with E-state index in [2.05, 4.69) is 6.07 Å². The van der Waals surface area contributed by atoms with Crippen molar-refractivity contribution < 1.29 is 13.0 Å². The van der Waals surface area contributed by atoms with Crippen LogP contribution in [0.3, 0.4) is 0 Å². The molecule has 15 heavy (non-hydrogen) atoms. The lowest BCUT2D eigenvalue weighted by atomic mass is 10.1. The van der Waals surface area contributed by atoms with Crippen LogP contribution in [0.25, 0.3) is 10.8 Å². The van der Waals surface area contributed by atoms with Crippen molar-refractivity contribution in [1.82, 2.24) is 0 Å². The zero-order valence-electron chi connectivity index (χ0n) is 7.64. The average molecular weight is 222 g/mol. The lowest BCUT2D eigenvalue weighted by molar-refractivity contribution is 0.483. The van der Waals surface area contributed by atoms with Gasteiger partial charge in [0.2, 0.25) is 0 Å². The zero-order chi connectivity index (χ0) is 11.1. The summed E-state index contributed by atoms with van der Waals surface area (Å²) in [6.07, 6.45) is 0. The fraction of sp³-hybridized carbons (Fsp3) is 0. The first-order chi connectivity index (χ1) is 6.98. The van der Waals surface area contributed by atoms with Crippen LogP contribution < -0.4 is 5.73 Å². The molecule has 0 aromatic heterocycles. The van der Waals surface area contributed by atoms with Gasteiger partial charge in [-0.05, 0) is 17.5 Å². The predicted molar refractivity (Wildman–Crippen MR) is 57.0 cm³/mol. The normalized spacial score (nSPS) is 11.8. The molecule has 2 aromatic rings. The third-order valence-electron chi connectivity index (χ3n) is 2.11. The van der Waals surface area contributed by atoms with Gasteiger partial charge in [0.05, 0.1) is 4.90 Å². The Bertz CT molecular complexity index is 620. The van der Waals surface area contributed by atoms with Crippen molar-refractivity contribution in [2.24, 2.45) is 0 Å². The molecule has 0 unspecified atom stereocenters. The van der Waals surface area contributed by atoms with Gasteiger partial charge >= 0.3 is 0 Å². The Hall–Kier alpha value is -1.59. The summed E-state index contributed by atoms with van der Waals surface area (Å²) in [6, 6.07) is 10.3. The second kappa shape index (κ2) is 3.22. The highest BCUT2D eigenvalue weighted by molar-refractivity contribution is 7.85. The van der Waals surface area contributed by atoms with E-state index in [-0.39, 0.29) is 4.90 Å². The molecule has 2 rings (SSSR count). The number of nitrogens with two attached hydrogens (primary N) is 1. The topological polar surface area (TPSA) is 80.4 Å². The van der Waals surface area contributed by atoms with E-state index >= 15 is 0 Å². The van der Waals surface area contributed by atoms with E-state index in [0.29, 0.717) is 16.5 Å². The molecule has 0 aliphatic rings. The van der Waals surface area contributed by atoms with E-state index in [9.17, 15) is 8.42 Å².